The molecule has 0 aromatic heterocycles. The number of ether oxygens (including phenoxy) is 1. The molecule has 0 radical (unpaired) electrons. The largest absolute Gasteiger partial charge is 0.435 e. The summed E-state index contributed by atoms with van der Waals surface area (Å²) in [5.74, 6) is -0.124. The Hall–Kier alpha value is -0.573. The van der Waals surface area contributed by atoms with Crippen molar-refractivity contribution >= 4 is 15.5 Å². The fourth-order valence-corrected chi connectivity index (χ4v) is 0.772. The minimum absolute atomic E-state index is 0.101. The number of carbonyl (C=O) groups is 1. The summed E-state index contributed by atoms with van der Waals surface area (Å²) in [6.45, 7) is 4.09. The fourth-order valence-electron chi connectivity index (χ4n) is 0.483. The Labute approximate surface area is 64.1 Å². The van der Waals surface area contributed by atoms with Crippen molar-refractivity contribution in [1.29, 1.82) is 0 Å². The van der Waals surface area contributed by atoms with Crippen molar-refractivity contribution in [2.75, 3.05) is 0 Å². The Bertz CT molecular complexity index is 121. The minimum Gasteiger partial charge on any atom is -0.435 e. The number of carbonyl (C=O) groups excluding carboxylic acids is 1. The Balaban J connectivity index is 3.30. The summed E-state index contributed by atoms with van der Waals surface area (Å²) in [6, 6.07) is 0. The average Bonchev–Trinajstić information content (AvgIpc) is 1.89. The summed E-state index contributed by atoms with van der Waals surface area (Å²) in [7, 11) is -0.101. The first kappa shape index (κ1) is 9.43. The average molecular weight is 158 g/mol. The summed E-state index contributed by atoms with van der Waals surface area (Å²) in [5.41, 5.74) is 1.95. The highest BCUT2D eigenvalue weighted by atomic mass is 28.2. The molecule has 58 valence electrons. The topological polar surface area (TPSA) is 26.3 Å². The van der Waals surface area contributed by atoms with Gasteiger partial charge in [-0.1, -0.05) is 19.2 Å². The molecule has 0 saturated carbocycles. The van der Waals surface area contributed by atoms with Gasteiger partial charge in [0.05, 0.1) is 6.26 Å². The third kappa shape index (κ3) is 5.56. The van der Waals surface area contributed by atoms with Crippen LogP contribution in [0.4, 0.5) is 0 Å². The van der Waals surface area contributed by atoms with Crippen LogP contribution in [0, 0.1) is 0 Å². The van der Waals surface area contributed by atoms with Gasteiger partial charge >= 0.3 is 5.97 Å². The van der Waals surface area contributed by atoms with Crippen LogP contribution in [0.5, 0.6) is 0 Å². The van der Waals surface area contributed by atoms with Crippen LogP contribution < -0.4 is 0 Å². The Morgan fingerprint density at radius 3 is 2.90 bits per heavy atom. The van der Waals surface area contributed by atoms with Crippen molar-refractivity contribution < 1.29 is 9.53 Å². The maximum Gasteiger partial charge on any atom is 0.310 e. The molecule has 0 saturated heterocycles. The van der Waals surface area contributed by atoms with E-state index < -0.39 is 0 Å². The zero-order valence-corrected chi connectivity index (χ0v) is 8.01. The summed E-state index contributed by atoms with van der Waals surface area (Å²) < 4.78 is 4.74. The molecule has 0 heterocycles. The molecule has 0 unspecified atom stereocenters. The third-order valence-corrected chi connectivity index (χ3v) is 1.65. The maximum absolute atomic E-state index is 10.7. The first-order chi connectivity index (χ1) is 4.81. The maximum atomic E-state index is 10.7. The summed E-state index contributed by atoms with van der Waals surface area (Å²) >= 11 is 0. The highest BCUT2D eigenvalue weighted by molar-refractivity contribution is 6.40. The lowest BCUT2D eigenvalue weighted by atomic mass is 10.3. The highest BCUT2D eigenvalue weighted by Gasteiger charge is 1.95. The van der Waals surface area contributed by atoms with Crippen LogP contribution in [-0.2, 0) is 9.53 Å². The molecule has 0 aromatic carbocycles. The van der Waals surface area contributed by atoms with Gasteiger partial charge in [-0.15, -0.1) is 0 Å². The molecule has 0 rings (SSSR count). The van der Waals surface area contributed by atoms with Crippen molar-refractivity contribution in [3.8, 4) is 0 Å². The number of esters is 1. The second-order valence-corrected chi connectivity index (χ2v) is 3.31. The molecule has 0 atom stereocenters. The van der Waals surface area contributed by atoms with Crippen molar-refractivity contribution in [3.63, 3.8) is 0 Å². The predicted octanol–water partition coefficient (Wildman–Crippen LogP) is 1.02. The van der Waals surface area contributed by atoms with E-state index in [2.05, 4.69) is 6.55 Å². The van der Waals surface area contributed by atoms with Crippen molar-refractivity contribution in [1.82, 2.24) is 0 Å². The van der Waals surface area contributed by atoms with Crippen LogP contribution in [0.3, 0.4) is 0 Å². The molecule has 0 aliphatic rings. The van der Waals surface area contributed by atoms with Crippen LogP contribution in [0.1, 0.15) is 19.8 Å². The quantitative estimate of drug-likeness (QED) is 0.347. The van der Waals surface area contributed by atoms with Gasteiger partial charge in [-0.25, -0.2) is 0 Å². The predicted molar refractivity (Wildman–Crippen MR) is 44.5 cm³/mol. The summed E-state index contributed by atoms with van der Waals surface area (Å²) in [4.78, 5) is 10.7. The van der Waals surface area contributed by atoms with Crippen LogP contribution in [0.2, 0.25) is 6.55 Å². The van der Waals surface area contributed by atoms with Gasteiger partial charge in [0.1, 0.15) is 0 Å². The molecule has 3 heteroatoms. The van der Waals surface area contributed by atoms with Gasteiger partial charge < -0.3 is 4.74 Å². The lowest BCUT2D eigenvalue weighted by molar-refractivity contribution is -0.138. The van der Waals surface area contributed by atoms with E-state index in [0.717, 1.165) is 6.42 Å². The molecule has 0 aromatic rings. The number of rotatable bonds is 4. The van der Waals surface area contributed by atoms with E-state index in [1.807, 2.05) is 12.6 Å². The number of hydrogen-bond acceptors (Lipinski definition) is 2. The van der Waals surface area contributed by atoms with Gasteiger partial charge in [-0.2, -0.15) is 0 Å². The van der Waals surface area contributed by atoms with Crippen molar-refractivity contribution in [2.24, 2.45) is 0 Å². The van der Waals surface area contributed by atoms with Crippen molar-refractivity contribution in [3.05, 3.63) is 12.0 Å². The first-order valence-corrected chi connectivity index (χ1v) is 5.88. The van der Waals surface area contributed by atoms with Gasteiger partial charge in [0.25, 0.3) is 0 Å². The molecule has 0 fully saturated rings. The second-order valence-electron chi connectivity index (χ2n) is 2.02. The molecule has 0 N–H and O–H groups in total. The van der Waals surface area contributed by atoms with Crippen LogP contribution in [0.15, 0.2) is 12.0 Å². The Kier molecular flexibility index (Phi) is 6.17. The number of hydrogen-bond donors (Lipinski definition) is 0. The van der Waals surface area contributed by atoms with E-state index in [-0.39, 0.29) is 15.5 Å². The van der Waals surface area contributed by atoms with Gasteiger partial charge in [-0.05, 0) is 6.42 Å². The molecular formula is C7H14O2Si. The van der Waals surface area contributed by atoms with Crippen LogP contribution in [-0.4, -0.2) is 15.5 Å². The third-order valence-electron chi connectivity index (χ3n) is 0.986. The van der Waals surface area contributed by atoms with Gasteiger partial charge in [0, 0.05) is 15.9 Å². The molecular weight excluding hydrogens is 144 g/mol. The SMILES string of the molecule is CCCC(=O)OC=C[SiH2]C. The molecule has 10 heavy (non-hydrogen) atoms. The fraction of sp³-hybridized carbons (Fsp3) is 0.571. The van der Waals surface area contributed by atoms with E-state index in [1.165, 1.54) is 6.26 Å². The first-order valence-electron chi connectivity index (χ1n) is 3.65. The molecule has 0 aliphatic carbocycles. The normalized spacial score (nSPS) is 11.4. The van der Waals surface area contributed by atoms with E-state index >= 15 is 0 Å². The van der Waals surface area contributed by atoms with Crippen LogP contribution >= 0.6 is 0 Å². The van der Waals surface area contributed by atoms with E-state index in [9.17, 15) is 4.79 Å². The molecule has 2 nitrogen and oxygen atoms in total. The summed E-state index contributed by atoms with van der Waals surface area (Å²) in [5, 5.41) is 0. The highest BCUT2D eigenvalue weighted by Crippen LogP contribution is 1.90. The lowest BCUT2D eigenvalue weighted by Crippen LogP contribution is -1.97. The van der Waals surface area contributed by atoms with Gasteiger partial charge in [0.15, 0.2) is 0 Å². The smallest absolute Gasteiger partial charge is 0.310 e. The van der Waals surface area contributed by atoms with Gasteiger partial charge in [0.2, 0.25) is 0 Å². The molecule has 0 amide bonds. The minimum atomic E-state index is -0.124. The Morgan fingerprint density at radius 1 is 1.70 bits per heavy atom. The Morgan fingerprint density at radius 2 is 2.40 bits per heavy atom. The second kappa shape index (κ2) is 6.55. The van der Waals surface area contributed by atoms with E-state index in [1.54, 1.807) is 0 Å². The van der Waals surface area contributed by atoms with Gasteiger partial charge in [-0.3, -0.25) is 4.79 Å². The van der Waals surface area contributed by atoms with E-state index in [4.69, 9.17) is 4.74 Å². The molecule has 0 spiro atoms. The van der Waals surface area contributed by atoms with Crippen LogP contribution in [0.25, 0.3) is 0 Å². The standard InChI is InChI=1S/C7H14O2Si/c1-3-4-7(8)9-5-6-10-2/h5-6H,3-4,10H2,1-2H3. The van der Waals surface area contributed by atoms with Crippen molar-refractivity contribution in [2.45, 2.75) is 26.3 Å². The zero-order chi connectivity index (χ0) is 7.82. The van der Waals surface area contributed by atoms with E-state index in [0.29, 0.717) is 6.42 Å². The zero-order valence-electron chi connectivity index (χ0n) is 6.59. The lowest BCUT2D eigenvalue weighted by Gasteiger charge is -1.93. The monoisotopic (exact) mass is 158 g/mol. The summed E-state index contributed by atoms with van der Waals surface area (Å²) in [6.07, 6.45) is 2.90. The molecule has 0 bridgehead atoms. The molecule has 0 aliphatic heterocycles.